The van der Waals surface area contributed by atoms with E-state index in [0.29, 0.717) is 24.7 Å². The van der Waals surface area contributed by atoms with Crippen molar-refractivity contribution in [3.63, 3.8) is 0 Å². The van der Waals surface area contributed by atoms with Gasteiger partial charge in [-0.15, -0.1) is 0 Å². The van der Waals surface area contributed by atoms with Gasteiger partial charge >= 0.3 is 6.18 Å². The van der Waals surface area contributed by atoms with Gasteiger partial charge in [-0.05, 0) is 55.2 Å². The summed E-state index contributed by atoms with van der Waals surface area (Å²) in [7, 11) is -4.52. The van der Waals surface area contributed by atoms with E-state index in [9.17, 15) is 31.1 Å². The van der Waals surface area contributed by atoms with Crippen LogP contribution in [0.25, 0.3) is 0 Å². The van der Waals surface area contributed by atoms with Gasteiger partial charge in [0.15, 0.2) is 0 Å². The highest BCUT2D eigenvalue weighted by atomic mass is 32.2. The van der Waals surface area contributed by atoms with Crippen molar-refractivity contribution in [1.29, 1.82) is 0 Å². The fourth-order valence-corrected chi connectivity index (χ4v) is 4.65. The zero-order chi connectivity index (χ0) is 25.6. The fourth-order valence-electron chi connectivity index (χ4n) is 3.14. The van der Waals surface area contributed by atoms with Gasteiger partial charge in [-0.25, -0.2) is 12.8 Å². The Balaban J connectivity index is 0.000000497. The molecule has 0 aliphatic heterocycles. The quantitative estimate of drug-likeness (QED) is 0.441. The second-order valence-corrected chi connectivity index (χ2v) is 9.93. The van der Waals surface area contributed by atoms with Gasteiger partial charge in [-0.1, -0.05) is 6.07 Å². The summed E-state index contributed by atoms with van der Waals surface area (Å²) in [5.74, 6) is -1.04. The highest BCUT2D eigenvalue weighted by Crippen LogP contribution is 2.33. The Morgan fingerprint density at radius 1 is 1.17 bits per heavy atom. The minimum absolute atomic E-state index is 0.0251. The molecule has 0 amide bonds. The summed E-state index contributed by atoms with van der Waals surface area (Å²) in [6, 6.07) is 7.96. The van der Waals surface area contributed by atoms with E-state index in [1.807, 2.05) is 18.2 Å². The molecule has 0 radical (unpaired) electrons. The van der Waals surface area contributed by atoms with Crippen LogP contribution in [0.15, 0.2) is 71.0 Å². The maximum absolute atomic E-state index is 14.2. The summed E-state index contributed by atoms with van der Waals surface area (Å²) in [4.78, 5) is 2.87. The van der Waals surface area contributed by atoms with Crippen LogP contribution < -0.4 is 5.73 Å². The molecule has 0 spiro atoms. The van der Waals surface area contributed by atoms with Crippen LogP contribution >= 0.6 is 0 Å². The van der Waals surface area contributed by atoms with Crippen LogP contribution in [-0.4, -0.2) is 42.4 Å². The molecule has 12 heteroatoms. The first-order valence-electron chi connectivity index (χ1n) is 10.7. The van der Waals surface area contributed by atoms with Crippen molar-refractivity contribution in [3.05, 3.63) is 72.4 Å². The molecule has 35 heavy (non-hydrogen) atoms. The van der Waals surface area contributed by atoms with Crippen molar-refractivity contribution in [2.45, 2.75) is 41.6 Å². The van der Waals surface area contributed by atoms with Crippen molar-refractivity contribution >= 4 is 15.5 Å². The summed E-state index contributed by atoms with van der Waals surface area (Å²) in [5.41, 5.74) is 4.40. The maximum Gasteiger partial charge on any atom is 0.416 e. The molecule has 7 nitrogen and oxygen atoms in total. The third kappa shape index (κ3) is 7.51. The number of benzene rings is 1. The smallest absolute Gasteiger partial charge is 0.397 e. The number of aromatic nitrogens is 2. The molecule has 0 saturated heterocycles. The molecule has 1 unspecified atom stereocenters. The van der Waals surface area contributed by atoms with Crippen LogP contribution in [0.5, 0.6) is 0 Å². The lowest BCUT2D eigenvalue weighted by Gasteiger charge is -2.15. The first-order valence-corrected chi connectivity index (χ1v) is 12.1. The number of aliphatic hydroxyl groups excluding tert-OH is 1. The second-order valence-electron chi connectivity index (χ2n) is 8.07. The number of sulfone groups is 1. The predicted molar refractivity (Wildman–Crippen MR) is 119 cm³/mol. The molecule has 2 aromatic heterocycles. The molecule has 1 aliphatic rings. The van der Waals surface area contributed by atoms with Gasteiger partial charge in [0.2, 0.25) is 9.84 Å². The lowest BCUT2D eigenvalue weighted by molar-refractivity contribution is -0.137. The van der Waals surface area contributed by atoms with Gasteiger partial charge in [-0.3, -0.25) is 4.98 Å². The Labute approximate surface area is 200 Å². The average Bonchev–Trinajstić information content (AvgIpc) is 3.55. The topological polar surface area (TPSA) is 107 Å². The number of rotatable bonds is 8. The van der Waals surface area contributed by atoms with Gasteiger partial charge in [0.05, 0.1) is 30.5 Å². The number of nitrogens with two attached hydrogens (primary N) is 1. The van der Waals surface area contributed by atoms with Gasteiger partial charge in [0.1, 0.15) is 15.7 Å². The first kappa shape index (κ1) is 26.6. The third-order valence-electron chi connectivity index (χ3n) is 5.04. The van der Waals surface area contributed by atoms with E-state index in [1.165, 1.54) is 6.20 Å². The molecule has 1 fully saturated rings. The Kier molecular flexibility index (Phi) is 8.51. The van der Waals surface area contributed by atoms with E-state index in [-0.39, 0.29) is 24.9 Å². The lowest BCUT2D eigenvalue weighted by atomic mass is 10.2. The molecule has 1 atom stereocenters. The summed E-state index contributed by atoms with van der Waals surface area (Å²) < 4.78 is 84.5. The van der Waals surface area contributed by atoms with Crippen LogP contribution in [0.2, 0.25) is 0 Å². The van der Waals surface area contributed by atoms with Gasteiger partial charge in [-0.2, -0.15) is 13.2 Å². The Morgan fingerprint density at radius 2 is 1.86 bits per heavy atom. The van der Waals surface area contributed by atoms with Crippen LogP contribution in [0.3, 0.4) is 0 Å². The van der Waals surface area contributed by atoms with E-state index in [2.05, 4.69) is 4.98 Å². The van der Waals surface area contributed by atoms with Crippen LogP contribution in [-0.2, 0) is 27.3 Å². The van der Waals surface area contributed by atoms with E-state index in [4.69, 9.17) is 10.5 Å². The van der Waals surface area contributed by atoms with Crippen molar-refractivity contribution in [2.24, 2.45) is 5.92 Å². The lowest BCUT2D eigenvalue weighted by Crippen LogP contribution is -2.24. The summed E-state index contributed by atoms with van der Waals surface area (Å²) in [6.45, 7) is 0.286. The molecule has 1 saturated carbocycles. The standard InChI is InChI=1S/C18H20F4N2O4S.C5H5N/c19-15-5-12(18(20,21)22)3-4-16(15)29(26,27)17-6-13(23)7-24(17)8-14(25)10-28-9-11-1-2-11;1-2-4-6-5-3-1/h3-7,11,14,25H,1-2,8-10,23H2;1-5H. The number of alkyl halides is 3. The fraction of sp³-hybridized carbons (Fsp3) is 0.348. The summed E-state index contributed by atoms with van der Waals surface area (Å²) in [5, 5.41) is 9.67. The summed E-state index contributed by atoms with van der Waals surface area (Å²) in [6.07, 6.45) is 1.04. The monoisotopic (exact) mass is 515 g/mol. The Morgan fingerprint density at radius 3 is 2.37 bits per heavy atom. The van der Waals surface area contributed by atoms with Crippen molar-refractivity contribution in [2.75, 3.05) is 18.9 Å². The van der Waals surface area contributed by atoms with E-state index in [1.54, 1.807) is 12.4 Å². The van der Waals surface area contributed by atoms with E-state index < -0.39 is 43.4 Å². The molecule has 4 rings (SSSR count). The van der Waals surface area contributed by atoms with E-state index >= 15 is 0 Å². The third-order valence-corrected chi connectivity index (χ3v) is 6.85. The highest BCUT2D eigenvalue weighted by molar-refractivity contribution is 7.91. The molecule has 1 aromatic carbocycles. The Hall–Kier alpha value is -2.96. The molecule has 3 aromatic rings. The number of halogens is 4. The number of ether oxygens (including phenoxy) is 1. The average molecular weight is 516 g/mol. The van der Waals surface area contributed by atoms with Gasteiger partial charge < -0.3 is 20.1 Å². The van der Waals surface area contributed by atoms with Crippen molar-refractivity contribution < 1.29 is 35.8 Å². The number of nitrogen functional groups attached to an aromatic ring is 1. The Bertz CT molecular complexity index is 1190. The normalized spacial score (nSPS) is 14.8. The van der Waals surface area contributed by atoms with Gasteiger partial charge in [0, 0.05) is 25.2 Å². The number of hydrogen-bond donors (Lipinski definition) is 2. The van der Waals surface area contributed by atoms with Gasteiger partial charge in [0.25, 0.3) is 0 Å². The minimum Gasteiger partial charge on any atom is -0.397 e. The maximum atomic E-state index is 14.2. The molecule has 0 bridgehead atoms. The molecule has 190 valence electrons. The molecular weight excluding hydrogens is 490 g/mol. The van der Waals surface area contributed by atoms with E-state index in [0.717, 1.165) is 23.5 Å². The number of anilines is 1. The molecule has 3 N–H and O–H groups in total. The first-order chi connectivity index (χ1) is 16.5. The SMILES string of the molecule is Nc1cc(S(=O)(=O)c2ccc(C(F)(F)F)cc2F)n(CC(O)COCC2CC2)c1.c1ccncc1. The van der Waals surface area contributed by atoms with Crippen LogP contribution in [0.4, 0.5) is 23.2 Å². The number of pyridine rings is 1. The molecule has 2 heterocycles. The molecular formula is C23H25F4N3O4S. The largest absolute Gasteiger partial charge is 0.416 e. The number of nitrogens with zero attached hydrogens (tertiary/aromatic N) is 2. The second kappa shape index (κ2) is 11.2. The van der Waals surface area contributed by atoms with Crippen molar-refractivity contribution in [3.8, 4) is 0 Å². The zero-order valence-corrected chi connectivity index (χ0v) is 19.3. The van der Waals surface area contributed by atoms with Crippen LogP contribution in [0, 0.1) is 11.7 Å². The minimum atomic E-state index is -4.81. The molecule has 1 aliphatic carbocycles. The van der Waals surface area contributed by atoms with Crippen LogP contribution in [0.1, 0.15) is 18.4 Å². The zero-order valence-electron chi connectivity index (χ0n) is 18.5. The highest BCUT2D eigenvalue weighted by Gasteiger charge is 2.33. The number of hydrogen-bond acceptors (Lipinski definition) is 6. The number of aliphatic hydroxyl groups is 1. The van der Waals surface area contributed by atoms with Crippen molar-refractivity contribution in [1.82, 2.24) is 9.55 Å². The summed E-state index contributed by atoms with van der Waals surface area (Å²) >= 11 is 0. The predicted octanol–water partition coefficient (Wildman–Crippen LogP) is 3.93.